The highest BCUT2D eigenvalue weighted by molar-refractivity contribution is 5.75. The number of methoxy groups -OCH3 is 1. The molecule has 2 rings (SSSR count). The summed E-state index contributed by atoms with van der Waals surface area (Å²) in [5, 5.41) is 13.8. The molecule has 1 aliphatic rings. The van der Waals surface area contributed by atoms with Gasteiger partial charge in [-0.25, -0.2) is 4.79 Å². The molecular formula is C19H29NO3. The number of rotatable bonds is 7. The zero-order valence-corrected chi connectivity index (χ0v) is 14.2. The van der Waals surface area contributed by atoms with Crippen LogP contribution >= 0.6 is 0 Å². The van der Waals surface area contributed by atoms with Gasteiger partial charge in [0.05, 0.1) is 7.11 Å². The highest BCUT2D eigenvalue weighted by Gasteiger charge is 2.31. The maximum atomic E-state index is 11.8. The van der Waals surface area contributed by atoms with Gasteiger partial charge in [0.1, 0.15) is 0 Å². The molecule has 1 aliphatic carbocycles. The van der Waals surface area contributed by atoms with Gasteiger partial charge in [-0.05, 0) is 24.8 Å². The van der Waals surface area contributed by atoms with E-state index in [0.29, 0.717) is 5.92 Å². The van der Waals surface area contributed by atoms with Crippen molar-refractivity contribution in [3.8, 4) is 0 Å². The van der Waals surface area contributed by atoms with E-state index in [4.69, 9.17) is 4.74 Å². The van der Waals surface area contributed by atoms with E-state index in [1.54, 1.807) is 0 Å². The Morgan fingerprint density at radius 2 is 1.91 bits per heavy atom. The number of esters is 1. The average Bonchev–Trinajstić information content (AvgIpc) is 2.61. The smallest absolute Gasteiger partial charge is 0.336 e. The number of hydrogen-bond acceptors (Lipinski definition) is 4. The number of carbonyl (C=O) groups is 1. The zero-order valence-electron chi connectivity index (χ0n) is 14.2. The summed E-state index contributed by atoms with van der Waals surface area (Å²) in [4.78, 5) is 11.8. The van der Waals surface area contributed by atoms with Crippen LogP contribution in [-0.2, 0) is 9.53 Å². The summed E-state index contributed by atoms with van der Waals surface area (Å²) < 4.78 is 4.74. The predicted molar refractivity (Wildman–Crippen MR) is 91.0 cm³/mol. The van der Waals surface area contributed by atoms with Crippen molar-refractivity contribution in [3.63, 3.8) is 0 Å². The largest absolute Gasteiger partial charge is 0.467 e. The van der Waals surface area contributed by atoms with E-state index < -0.39 is 12.1 Å². The summed E-state index contributed by atoms with van der Waals surface area (Å²) >= 11 is 0. The van der Waals surface area contributed by atoms with E-state index in [1.165, 1.54) is 39.2 Å². The molecule has 0 aromatic heterocycles. The van der Waals surface area contributed by atoms with Crippen LogP contribution in [0.4, 0.5) is 0 Å². The van der Waals surface area contributed by atoms with E-state index in [2.05, 4.69) is 24.4 Å². The highest BCUT2D eigenvalue weighted by Crippen LogP contribution is 2.29. The Kier molecular flexibility index (Phi) is 7.06. The molecule has 128 valence electrons. The quantitative estimate of drug-likeness (QED) is 0.758. The molecule has 2 N–H and O–H groups in total. The lowest BCUT2D eigenvalue weighted by Crippen LogP contribution is -2.47. The molecule has 1 aromatic rings. The first-order chi connectivity index (χ1) is 11.1. The number of benzene rings is 1. The van der Waals surface area contributed by atoms with Crippen molar-refractivity contribution in [2.24, 2.45) is 5.92 Å². The van der Waals surface area contributed by atoms with Crippen LogP contribution in [0.1, 0.15) is 57.1 Å². The van der Waals surface area contributed by atoms with E-state index in [-0.39, 0.29) is 12.1 Å². The third kappa shape index (κ3) is 5.33. The van der Waals surface area contributed by atoms with Crippen LogP contribution in [0.5, 0.6) is 0 Å². The van der Waals surface area contributed by atoms with Gasteiger partial charge in [-0.2, -0.15) is 0 Å². The summed E-state index contributed by atoms with van der Waals surface area (Å²) in [7, 11) is 1.32. The highest BCUT2D eigenvalue weighted by atomic mass is 16.5. The number of carbonyl (C=O) groups excluding carboxylic acids is 1. The van der Waals surface area contributed by atoms with Gasteiger partial charge in [0, 0.05) is 12.1 Å². The minimum atomic E-state index is -1.12. The molecule has 0 saturated heterocycles. The molecule has 23 heavy (non-hydrogen) atoms. The fourth-order valence-corrected chi connectivity index (χ4v) is 3.51. The van der Waals surface area contributed by atoms with Crippen LogP contribution in [0.15, 0.2) is 30.3 Å². The van der Waals surface area contributed by atoms with E-state index >= 15 is 0 Å². The lowest BCUT2D eigenvalue weighted by molar-refractivity contribution is -0.152. The molecule has 0 radical (unpaired) electrons. The van der Waals surface area contributed by atoms with Crippen LogP contribution < -0.4 is 5.32 Å². The maximum absolute atomic E-state index is 11.8. The van der Waals surface area contributed by atoms with Gasteiger partial charge in [-0.3, -0.25) is 0 Å². The second kappa shape index (κ2) is 9.04. The molecule has 0 spiro atoms. The summed E-state index contributed by atoms with van der Waals surface area (Å²) in [5.74, 6) is 0.0158. The molecule has 1 aromatic carbocycles. The van der Waals surface area contributed by atoms with Crippen LogP contribution in [-0.4, -0.2) is 30.3 Å². The first kappa shape index (κ1) is 18.0. The van der Waals surface area contributed by atoms with E-state index in [1.807, 2.05) is 18.2 Å². The Hall–Kier alpha value is -1.39. The Morgan fingerprint density at radius 3 is 2.52 bits per heavy atom. The summed E-state index contributed by atoms with van der Waals surface area (Å²) in [6, 6.07) is 9.89. The van der Waals surface area contributed by atoms with Gasteiger partial charge >= 0.3 is 5.97 Å². The Balaban J connectivity index is 2.04. The van der Waals surface area contributed by atoms with Crippen molar-refractivity contribution in [1.82, 2.24) is 5.32 Å². The molecule has 0 amide bonds. The standard InChI is InChI=1S/C19H29NO3/c1-14(16-11-7-4-8-12-16)20-17(18(21)19(22)23-2)13-15-9-5-3-6-10-15/h4,7-8,11-12,14-15,17-18,20-21H,3,5-6,9-10,13H2,1-2H3/t14-,17-,18+/m0/s1. The Bertz CT molecular complexity index is 471. The molecule has 3 atom stereocenters. The third-order valence-electron chi connectivity index (χ3n) is 4.90. The normalized spacial score (nSPS) is 19.8. The molecule has 4 nitrogen and oxygen atoms in total. The van der Waals surface area contributed by atoms with Crippen molar-refractivity contribution in [2.75, 3.05) is 7.11 Å². The fourth-order valence-electron chi connectivity index (χ4n) is 3.51. The molecule has 0 aliphatic heterocycles. The molecule has 1 fully saturated rings. The van der Waals surface area contributed by atoms with Crippen LogP contribution in [0.25, 0.3) is 0 Å². The van der Waals surface area contributed by atoms with E-state index in [9.17, 15) is 9.90 Å². The second-order valence-electron chi connectivity index (χ2n) is 6.61. The van der Waals surface area contributed by atoms with Gasteiger partial charge in [0.15, 0.2) is 6.10 Å². The van der Waals surface area contributed by atoms with Crippen molar-refractivity contribution in [2.45, 2.75) is 63.6 Å². The fraction of sp³-hybridized carbons (Fsp3) is 0.632. The second-order valence-corrected chi connectivity index (χ2v) is 6.61. The summed E-state index contributed by atoms with van der Waals surface area (Å²) in [6.07, 6.45) is 5.87. The summed E-state index contributed by atoms with van der Waals surface area (Å²) in [5.41, 5.74) is 1.15. The van der Waals surface area contributed by atoms with Crippen molar-refractivity contribution in [1.29, 1.82) is 0 Å². The van der Waals surface area contributed by atoms with Gasteiger partial charge in [-0.15, -0.1) is 0 Å². The number of hydrogen-bond donors (Lipinski definition) is 2. The van der Waals surface area contributed by atoms with Crippen molar-refractivity contribution >= 4 is 5.97 Å². The molecule has 1 saturated carbocycles. The van der Waals surface area contributed by atoms with Crippen molar-refractivity contribution < 1.29 is 14.6 Å². The number of aliphatic hydroxyl groups is 1. The average molecular weight is 319 g/mol. The first-order valence-corrected chi connectivity index (χ1v) is 8.68. The topological polar surface area (TPSA) is 58.6 Å². The molecule has 0 heterocycles. The third-order valence-corrected chi connectivity index (χ3v) is 4.90. The Labute approximate surface area is 139 Å². The Morgan fingerprint density at radius 1 is 1.26 bits per heavy atom. The van der Waals surface area contributed by atoms with Crippen LogP contribution in [0.2, 0.25) is 0 Å². The molecule has 0 unspecified atom stereocenters. The SMILES string of the molecule is COC(=O)[C@H](O)[C@H](CC1CCCCC1)N[C@@H](C)c1ccccc1. The van der Waals surface area contributed by atoms with Crippen LogP contribution in [0, 0.1) is 5.92 Å². The zero-order chi connectivity index (χ0) is 16.7. The predicted octanol–water partition coefficient (Wildman–Crippen LogP) is 3.21. The van der Waals surface area contributed by atoms with Crippen molar-refractivity contribution in [3.05, 3.63) is 35.9 Å². The summed E-state index contributed by atoms with van der Waals surface area (Å²) in [6.45, 7) is 2.06. The van der Waals surface area contributed by atoms with Gasteiger partial charge in [-0.1, -0.05) is 62.4 Å². The van der Waals surface area contributed by atoms with E-state index in [0.717, 1.165) is 12.0 Å². The monoisotopic (exact) mass is 319 g/mol. The number of nitrogens with one attached hydrogen (secondary N) is 1. The molecule has 4 heteroatoms. The number of ether oxygens (including phenoxy) is 1. The first-order valence-electron chi connectivity index (χ1n) is 8.68. The van der Waals surface area contributed by atoms with Gasteiger partial charge in [0.2, 0.25) is 0 Å². The lowest BCUT2D eigenvalue weighted by atomic mass is 9.83. The van der Waals surface area contributed by atoms with Crippen LogP contribution in [0.3, 0.4) is 0 Å². The minimum Gasteiger partial charge on any atom is -0.467 e. The minimum absolute atomic E-state index is 0.0732. The molecule has 0 bridgehead atoms. The lowest BCUT2D eigenvalue weighted by Gasteiger charge is -2.31. The number of aliphatic hydroxyl groups excluding tert-OH is 1. The van der Waals surface area contributed by atoms with Gasteiger partial charge < -0.3 is 15.2 Å². The van der Waals surface area contributed by atoms with Gasteiger partial charge in [0.25, 0.3) is 0 Å². The molecular weight excluding hydrogens is 290 g/mol. The maximum Gasteiger partial charge on any atom is 0.336 e.